The van der Waals surface area contributed by atoms with Crippen LogP contribution in [0.3, 0.4) is 0 Å². The van der Waals surface area contributed by atoms with Crippen molar-refractivity contribution in [3.63, 3.8) is 0 Å². The molecule has 2 rings (SSSR count). The molecule has 0 aromatic heterocycles. The standard InChI is InChI=1S/C11H11BrClFO/c1-11(2)4-7(15)8-9(11)6(14)3-5(12)10(8)13/h3,7,15H,4H2,1-2H3/t7-/m0/s1. The summed E-state index contributed by atoms with van der Waals surface area (Å²) in [6.07, 6.45) is -0.162. The average Bonchev–Trinajstić information content (AvgIpc) is 2.32. The maximum atomic E-state index is 13.8. The molecular weight excluding hydrogens is 282 g/mol. The van der Waals surface area contributed by atoms with Crippen LogP contribution in [0.4, 0.5) is 4.39 Å². The minimum absolute atomic E-state index is 0.303. The van der Waals surface area contributed by atoms with E-state index in [0.717, 1.165) is 0 Å². The zero-order valence-electron chi connectivity index (χ0n) is 8.44. The third-order valence-corrected chi connectivity index (χ3v) is 4.18. The van der Waals surface area contributed by atoms with E-state index in [1.807, 2.05) is 13.8 Å². The monoisotopic (exact) mass is 292 g/mol. The van der Waals surface area contributed by atoms with Crippen LogP contribution >= 0.6 is 27.5 Å². The number of aliphatic hydroxyl groups is 1. The number of halogens is 3. The molecule has 1 aliphatic carbocycles. The van der Waals surface area contributed by atoms with Gasteiger partial charge in [0.2, 0.25) is 0 Å². The van der Waals surface area contributed by atoms with Gasteiger partial charge in [0.1, 0.15) is 5.82 Å². The summed E-state index contributed by atoms with van der Waals surface area (Å²) in [5.41, 5.74) is 0.722. The molecule has 1 atom stereocenters. The number of aliphatic hydroxyl groups excluding tert-OH is 1. The predicted octanol–water partition coefficient (Wildman–Crippen LogP) is 3.96. The van der Waals surface area contributed by atoms with E-state index in [1.165, 1.54) is 6.07 Å². The summed E-state index contributed by atoms with van der Waals surface area (Å²) in [5, 5.41) is 10.3. The van der Waals surface area contributed by atoms with Gasteiger partial charge in [0.05, 0.1) is 11.1 Å². The molecule has 1 aromatic carbocycles. The van der Waals surface area contributed by atoms with Crippen molar-refractivity contribution in [2.75, 3.05) is 0 Å². The molecule has 1 nitrogen and oxygen atoms in total. The van der Waals surface area contributed by atoms with Crippen LogP contribution in [0, 0.1) is 5.82 Å². The predicted molar refractivity (Wildman–Crippen MR) is 61.7 cm³/mol. The number of rotatable bonds is 0. The highest BCUT2D eigenvalue weighted by atomic mass is 79.9. The summed E-state index contributed by atoms with van der Waals surface area (Å²) >= 11 is 9.24. The van der Waals surface area contributed by atoms with Crippen molar-refractivity contribution in [3.8, 4) is 0 Å². The molecule has 0 bridgehead atoms. The molecule has 0 saturated carbocycles. The second kappa shape index (κ2) is 3.44. The van der Waals surface area contributed by atoms with Crippen LogP contribution in [-0.4, -0.2) is 5.11 Å². The Morgan fingerprint density at radius 2 is 2.20 bits per heavy atom. The summed E-state index contributed by atoms with van der Waals surface area (Å²) in [6, 6.07) is 1.36. The van der Waals surface area contributed by atoms with Gasteiger partial charge in [0, 0.05) is 15.6 Å². The number of hydrogen-bond acceptors (Lipinski definition) is 1. The van der Waals surface area contributed by atoms with Crippen LogP contribution in [0.2, 0.25) is 5.02 Å². The third kappa shape index (κ3) is 1.61. The molecule has 82 valence electrons. The second-order valence-electron chi connectivity index (χ2n) is 4.55. The highest BCUT2D eigenvalue weighted by Gasteiger charge is 2.40. The number of benzene rings is 1. The lowest BCUT2D eigenvalue weighted by atomic mass is 9.86. The fourth-order valence-electron chi connectivity index (χ4n) is 2.30. The van der Waals surface area contributed by atoms with Crippen LogP contribution in [0.1, 0.15) is 37.5 Å². The zero-order valence-corrected chi connectivity index (χ0v) is 10.8. The van der Waals surface area contributed by atoms with E-state index in [9.17, 15) is 9.50 Å². The Kier molecular flexibility index (Phi) is 2.61. The Balaban J connectivity index is 2.78. The summed E-state index contributed by atoms with van der Waals surface area (Å²) < 4.78 is 14.3. The van der Waals surface area contributed by atoms with Gasteiger partial charge in [-0.3, -0.25) is 0 Å². The van der Waals surface area contributed by atoms with E-state index in [-0.39, 0.29) is 11.2 Å². The third-order valence-electron chi connectivity index (χ3n) is 2.92. The molecule has 0 saturated heterocycles. The molecule has 0 heterocycles. The highest BCUT2D eigenvalue weighted by Crippen LogP contribution is 2.50. The first-order chi connectivity index (χ1) is 6.84. The van der Waals surface area contributed by atoms with Crippen molar-refractivity contribution >= 4 is 27.5 Å². The minimum Gasteiger partial charge on any atom is -0.388 e. The lowest BCUT2D eigenvalue weighted by Crippen LogP contribution is -2.14. The fraction of sp³-hybridized carbons (Fsp3) is 0.455. The van der Waals surface area contributed by atoms with E-state index in [4.69, 9.17) is 11.6 Å². The molecule has 1 aliphatic rings. The van der Waals surface area contributed by atoms with Gasteiger partial charge in [-0.15, -0.1) is 0 Å². The lowest BCUT2D eigenvalue weighted by Gasteiger charge is -2.19. The van der Waals surface area contributed by atoms with Crippen LogP contribution < -0.4 is 0 Å². The Morgan fingerprint density at radius 1 is 1.60 bits per heavy atom. The van der Waals surface area contributed by atoms with Crippen molar-refractivity contribution < 1.29 is 9.50 Å². The summed E-state index contributed by atoms with van der Waals surface area (Å²) in [5.74, 6) is -0.303. The molecule has 0 aliphatic heterocycles. The van der Waals surface area contributed by atoms with E-state index < -0.39 is 6.10 Å². The largest absolute Gasteiger partial charge is 0.388 e. The quantitative estimate of drug-likeness (QED) is 0.718. The van der Waals surface area contributed by atoms with E-state index in [2.05, 4.69) is 15.9 Å². The maximum Gasteiger partial charge on any atom is 0.128 e. The molecule has 1 aromatic rings. The highest BCUT2D eigenvalue weighted by molar-refractivity contribution is 9.10. The normalized spacial score (nSPS) is 22.9. The smallest absolute Gasteiger partial charge is 0.128 e. The Morgan fingerprint density at radius 3 is 2.80 bits per heavy atom. The molecule has 4 heteroatoms. The van der Waals surface area contributed by atoms with Gasteiger partial charge in [0.15, 0.2) is 0 Å². The molecule has 0 amide bonds. The van der Waals surface area contributed by atoms with Crippen LogP contribution in [-0.2, 0) is 5.41 Å². The van der Waals surface area contributed by atoms with Gasteiger partial charge in [0.25, 0.3) is 0 Å². The van der Waals surface area contributed by atoms with Gasteiger partial charge in [-0.2, -0.15) is 0 Å². The van der Waals surface area contributed by atoms with Crippen LogP contribution in [0.5, 0.6) is 0 Å². The topological polar surface area (TPSA) is 20.2 Å². The first-order valence-electron chi connectivity index (χ1n) is 4.70. The summed E-state index contributed by atoms with van der Waals surface area (Å²) in [4.78, 5) is 0. The minimum atomic E-state index is -0.672. The first-order valence-corrected chi connectivity index (χ1v) is 5.87. The van der Waals surface area contributed by atoms with E-state index >= 15 is 0 Å². The van der Waals surface area contributed by atoms with Crippen molar-refractivity contribution in [3.05, 3.63) is 32.5 Å². The van der Waals surface area contributed by atoms with Crippen molar-refractivity contribution in [1.29, 1.82) is 0 Å². The SMILES string of the molecule is CC1(C)C[C@H](O)c2c(Cl)c(Br)cc(F)c21. The van der Waals surface area contributed by atoms with Crippen LogP contribution in [0.15, 0.2) is 10.5 Å². The van der Waals surface area contributed by atoms with Crippen molar-refractivity contribution in [2.24, 2.45) is 0 Å². The first kappa shape index (κ1) is 11.4. The second-order valence-corrected chi connectivity index (χ2v) is 5.78. The van der Waals surface area contributed by atoms with Gasteiger partial charge in [-0.1, -0.05) is 25.4 Å². The van der Waals surface area contributed by atoms with Gasteiger partial charge >= 0.3 is 0 Å². The van der Waals surface area contributed by atoms with Gasteiger partial charge in [-0.25, -0.2) is 4.39 Å². The Labute approximate surface area is 101 Å². The Hall–Kier alpha value is -0.120. The number of hydrogen-bond donors (Lipinski definition) is 1. The van der Waals surface area contributed by atoms with Gasteiger partial charge < -0.3 is 5.11 Å². The summed E-state index contributed by atoms with van der Waals surface area (Å²) in [7, 11) is 0. The molecular formula is C11H11BrClFO. The molecule has 0 unspecified atom stereocenters. The number of fused-ring (bicyclic) bond motifs is 1. The van der Waals surface area contributed by atoms with Crippen molar-refractivity contribution in [1.82, 2.24) is 0 Å². The molecule has 15 heavy (non-hydrogen) atoms. The van der Waals surface area contributed by atoms with Crippen LogP contribution in [0.25, 0.3) is 0 Å². The molecule has 0 radical (unpaired) electrons. The van der Waals surface area contributed by atoms with E-state index in [0.29, 0.717) is 27.0 Å². The average molecular weight is 294 g/mol. The molecule has 0 spiro atoms. The summed E-state index contributed by atoms with van der Waals surface area (Å²) in [6.45, 7) is 3.82. The maximum absolute atomic E-state index is 13.8. The van der Waals surface area contributed by atoms with E-state index in [1.54, 1.807) is 0 Å². The fourth-order valence-corrected chi connectivity index (χ4v) is 2.99. The lowest BCUT2D eigenvalue weighted by molar-refractivity contribution is 0.161. The molecule has 1 N–H and O–H groups in total. The Bertz CT molecular complexity index is 431. The zero-order chi connectivity index (χ0) is 11.4. The molecule has 0 fully saturated rings. The van der Waals surface area contributed by atoms with Gasteiger partial charge in [-0.05, 0) is 33.8 Å². The van der Waals surface area contributed by atoms with Crippen molar-refractivity contribution in [2.45, 2.75) is 31.8 Å².